The molecule has 2 aromatic rings. The van der Waals surface area contributed by atoms with E-state index < -0.39 is 11.2 Å². The standard InChI is InChI=1S/C23H33N5O2S/c1-15(2)20(14-29)24-22-21-19(9-12-31(21)30)25-23(26-22)28-11-10-27(13-17(28)4)18-7-5-16(3)6-8-18/h5-8,15,17,20,29H,9-14H2,1-4H3,(H,24,25,26)/t17-,20-,31?/m0/s1. The van der Waals surface area contributed by atoms with Crippen molar-refractivity contribution in [2.75, 3.05) is 47.1 Å². The first-order valence-corrected chi connectivity index (χ1v) is 12.4. The quantitative estimate of drug-likeness (QED) is 0.664. The highest BCUT2D eigenvalue weighted by Crippen LogP contribution is 2.34. The highest BCUT2D eigenvalue weighted by Gasteiger charge is 2.35. The lowest BCUT2D eigenvalue weighted by Crippen LogP contribution is -2.52. The van der Waals surface area contributed by atoms with Crippen molar-refractivity contribution in [3.63, 3.8) is 0 Å². The second-order valence-electron chi connectivity index (χ2n) is 8.95. The molecule has 0 amide bonds. The van der Waals surface area contributed by atoms with Crippen molar-refractivity contribution in [2.24, 2.45) is 5.92 Å². The lowest BCUT2D eigenvalue weighted by molar-refractivity contribution is 0.248. The Balaban J connectivity index is 1.58. The number of nitrogens with zero attached hydrogens (tertiary/aromatic N) is 4. The molecule has 8 heteroatoms. The fourth-order valence-corrected chi connectivity index (χ4v) is 5.57. The van der Waals surface area contributed by atoms with Crippen molar-refractivity contribution in [2.45, 2.75) is 51.1 Å². The third kappa shape index (κ3) is 4.61. The van der Waals surface area contributed by atoms with Crippen LogP contribution in [-0.4, -0.2) is 63.7 Å². The third-order valence-electron chi connectivity index (χ3n) is 6.28. The third-order valence-corrected chi connectivity index (χ3v) is 7.74. The number of anilines is 3. The predicted octanol–water partition coefficient (Wildman–Crippen LogP) is 2.59. The van der Waals surface area contributed by atoms with Crippen LogP contribution in [0, 0.1) is 12.8 Å². The van der Waals surface area contributed by atoms with Crippen LogP contribution >= 0.6 is 0 Å². The normalized spacial score (nSPS) is 22.0. The Morgan fingerprint density at radius 3 is 2.61 bits per heavy atom. The second kappa shape index (κ2) is 9.22. The Kier molecular flexibility index (Phi) is 6.60. The zero-order valence-corrected chi connectivity index (χ0v) is 19.7. The van der Waals surface area contributed by atoms with E-state index in [0.717, 1.165) is 25.3 Å². The second-order valence-corrected chi connectivity index (χ2v) is 10.5. The molecule has 1 unspecified atom stereocenters. The topological polar surface area (TPSA) is 87.6 Å². The summed E-state index contributed by atoms with van der Waals surface area (Å²) in [5.74, 6) is 2.13. The average Bonchev–Trinajstić information content (AvgIpc) is 3.13. The first-order valence-electron chi connectivity index (χ1n) is 11.1. The van der Waals surface area contributed by atoms with Gasteiger partial charge in [-0.2, -0.15) is 4.98 Å². The number of fused-ring (bicyclic) bond motifs is 1. The summed E-state index contributed by atoms with van der Waals surface area (Å²) in [6, 6.07) is 8.77. The van der Waals surface area contributed by atoms with E-state index in [1.807, 2.05) is 0 Å². The van der Waals surface area contributed by atoms with E-state index in [1.54, 1.807) is 0 Å². The fourth-order valence-electron chi connectivity index (χ4n) is 4.25. The van der Waals surface area contributed by atoms with Gasteiger partial charge < -0.3 is 24.8 Å². The molecule has 1 fully saturated rings. The SMILES string of the molecule is Cc1ccc(N2CCN(c3nc4c(c(N[C@@H](CO)C(C)C)n3)[S+]([O-])CC4)[C@@H](C)C2)cc1. The van der Waals surface area contributed by atoms with Crippen LogP contribution in [0.15, 0.2) is 29.2 Å². The van der Waals surface area contributed by atoms with Gasteiger partial charge in [-0.1, -0.05) is 31.5 Å². The Hall–Kier alpha value is -2.03. The molecule has 2 aliphatic rings. The molecule has 0 spiro atoms. The maximum Gasteiger partial charge on any atom is 0.228 e. The molecule has 31 heavy (non-hydrogen) atoms. The van der Waals surface area contributed by atoms with Crippen molar-refractivity contribution in [3.8, 4) is 0 Å². The van der Waals surface area contributed by atoms with Gasteiger partial charge in [-0.25, -0.2) is 4.98 Å². The summed E-state index contributed by atoms with van der Waals surface area (Å²) in [6.07, 6.45) is 0.704. The average molecular weight is 444 g/mol. The minimum atomic E-state index is -1.09. The monoisotopic (exact) mass is 443 g/mol. The molecule has 1 saturated heterocycles. The number of aliphatic hydroxyl groups is 1. The summed E-state index contributed by atoms with van der Waals surface area (Å²) in [7, 11) is 0. The fraction of sp³-hybridized carbons (Fsp3) is 0.565. The van der Waals surface area contributed by atoms with Crippen LogP contribution in [0.4, 0.5) is 17.5 Å². The maximum atomic E-state index is 12.6. The van der Waals surface area contributed by atoms with Gasteiger partial charge in [0.05, 0.1) is 12.6 Å². The Labute approximate surface area is 188 Å². The van der Waals surface area contributed by atoms with Crippen molar-refractivity contribution < 1.29 is 9.66 Å². The van der Waals surface area contributed by atoms with E-state index in [1.165, 1.54) is 11.3 Å². The Morgan fingerprint density at radius 1 is 1.23 bits per heavy atom. The van der Waals surface area contributed by atoms with Crippen molar-refractivity contribution in [1.29, 1.82) is 0 Å². The maximum absolute atomic E-state index is 12.6. The van der Waals surface area contributed by atoms with E-state index in [4.69, 9.17) is 9.97 Å². The van der Waals surface area contributed by atoms with E-state index in [-0.39, 0.29) is 24.6 Å². The van der Waals surface area contributed by atoms with E-state index in [2.05, 4.69) is 67.1 Å². The van der Waals surface area contributed by atoms with Crippen LogP contribution in [0.25, 0.3) is 0 Å². The largest absolute Gasteiger partial charge is 0.611 e. The highest BCUT2D eigenvalue weighted by molar-refractivity contribution is 7.91. The molecular weight excluding hydrogens is 410 g/mol. The Bertz CT molecular complexity index is 908. The molecular formula is C23H33N5O2S. The number of hydrogen-bond donors (Lipinski definition) is 2. The molecule has 4 rings (SSSR count). The van der Waals surface area contributed by atoms with Crippen LogP contribution < -0.4 is 15.1 Å². The van der Waals surface area contributed by atoms with Crippen molar-refractivity contribution in [1.82, 2.24) is 9.97 Å². The van der Waals surface area contributed by atoms with Crippen molar-refractivity contribution in [3.05, 3.63) is 35.5 Å². The molecule has 2 aliphatic heterocycles. The summed E-state index contributed by atoms with van der Waals surface area (Å²) in [5.41, 5.74) is 3.38. The van der Waals surface area contributed by atoms with Gasteiger partial charge in [0.25, 0.3) is 0 Å². The first-order chi connectivity index (χ1) is 14.9. The number of hydrogen-bond acceptors (Lipinski definition) is 7. The molecule has 0 aliphatic carbocycles. The number of benzene rings is 1. The first kappa shape index (κ1) is 22.2. The highest BCUT2D eigenvalue weighted by atomic mass is 32.2. The summed E-state index contributed by atoms with van der Waals surface area (Å²) < 4.78 is 12.6. The molecule has 7 nitrogen and oxygen atoms in total. The van der Waals surface area contributed by atoms with Gasteiger partial charge in [0.15, 0.2) is 5.82 Å². The zero-order valence-electron chi connectivity index (χ0n) is 18.8. The van der Waals surface area contributed by atoms with Crippen molar-refractivity contribution >= 4 is 28.6 Å². The lowest BCUT2D eigenvalue weighted by Gasteiger charge is -2.41. The summed E-state index contributed by atoms with van der Waals surface area (Å²) in [5, 5.41) is 13.2. The molecule has 2 N–H and O–H groups in total. The van der Waals surface area contributed by atoms with Gasteiger partial charge >= 0.3 is 0 Å². The number of aliphatic hydroxyl groups excluding tert-OH is 1. The Morgan fingerprint density at radius 2 is 1.97 bits per heavy atom. The smallest absolute Gasteiger partial charge is 0.228 e. The molecule has 3 heterocycles. The van der Waals surface area contributed by atoms with Gasteiger partial charge in [-0.05, 0) is 43.1 Å². The van der Waals surface area contributed by atoms with E-state index >= 15 is 0 Å². The van der Waals surface area contributed by atoms with Gasteiger partial charge in [0, 0.05) is 37.8 Å². The summed E-state index contributed by atoms with van der Waals surface area (Å²) in [6.45, 7) is 11.0. The zero-order chi connectivity index (χ0) is 22.1. The predicted molar refractivity (Wildman–Crippen MR) is 127 cm³/mol. The van der Waals surface area contributed by atoms with Gasteiger partial charge in [0.2, 0.25) is 10.8 Å². The van der Waals surface area contributed by atoms with Gasteiger partial charge in [-0.3, -0.25) is 0 Å². The number of nitrogens with one attached hydrogen (secondary N) is 1. The molecule has 168 valence electrons. The van der Waals surface area contributed by atoms with E-state index in [0.29, 0.717) is 28.8 Å². The summed E-state index contributed by atoms with van der Waals surface area (Å²) >= 11 is -1.09. The van der Waals surface area contributed by atoms with Crippen LogP contribution in [-0.2, 0) is 17.6 Å². The van der Waals surface area contributed by atoms with Crippen LogP contribution in [0.2, 0.25) is 0 Å². The lowest BCUT2D eigenvalue weighted by atomic mass is 10.1. The number of piperazine rings is 1. The number of aromatic nitrogens is 2. The molecule has 0 radical (unpaired) electrons. The van der Waals surface area contributed by atoms with Gasteiger partial charge in [0.1, 0.15) is 11.4 Å². The van der Waals surface area contributed by atoms with Gasteiger partial charge in [-0.15, -0.1) is 0 Å². The summed E-state index contributed by atoms with van der Waals surface area (Å²) in [4.78, 5) is 15.0. The van der Waals surface area contributed by atoms with E-state index in [9.17, 15) is 9.66 Å². The molecule has 1 aromatic carbocycles. The number of aryl methyl sites for hydroxylation is 2. The molecule has 0 bridgehead atoms. The van der Waals surface area contributed by atoms with Crippen LogP contribution in [0.5, 0.6) is 0 Å². The number of rotatable bonds is 6. The molecule has 3 atom stereocenters. The van der Waals surface area contributed by atoms with Crippen LogP contribution in [0.3, 0.4) is 0 Å². The van der Waals surface area contributed by atoms with Crippen LogP contribution in [0.1, 0.15) is 32.0 Å². The molecule has 0 saturated carbocycles. The molecule has 1 aromatic heterocycles. The minimum absolute atomic E-state index is 0.00401. The minimum Gasteiger partial charge on any atom is -0.611 e.